The smallest absolute Gasteiger partial charge is 0.260 e. The first kappa shape index (κ1) is 16.8. The van der Waals surface area contributed by atoms with E-state index in [-0.39, 0.29) is 12.5 Å². The molecule has 0 saturated carbocycles. The van der Waals surface area contributed by atoms with Gasteiger partial charge in [0, 0.05) is 13.6 Å². The molecule has 0 radical (unpaired) electrons. The standard InChI is InChI=1S/C21H21NO3/c1-22(21(23)15-25-19-6-4-3-5-7-19)14-16-8-9-18-13-20(24-2)11-10-17(18)12-16/h3-13H,14-15H2,1-2H3. The van der Waals surface area contributed by atoms with Crippen molar-refractivity contribution in [1.82, 2.24) is 4.90 Å². The van der Waals surface area contributed by atoms with Crippen LogP contribution in [0, 0.1) is 0 Å². The summed E-state index contributed by atoms with van der Waals surface area (Å²) in [5.41, 5.74) is 1.08. The van der Waals surface area contributed by atoms with Crippen LogP contribution < -0.4 is 9.47 Å². The summed E-state index contributed by atoms with van der Waals surface area (Å²) in [6, 6.07) is 21.5. The van der Waals surface area contributed by atoms with Crippen molar-refractivity contribution in [2.45, 2.75) is 6.54 Å². The summed E-state index contributed by atoms with van der Waals surface area (Å²) >= 11 is 0. The first-order valence-electron chi connectivity index (χ1n) is 8.14. The average Bonchev–Trinajstić information content (AvgIpc) is 2.66. The molecule has 3 aromatic rings. The third kappa shape index (κ3) is 4.29. The van der Waals surface area contributed by atoms with E-state index in [1.54, 1.807) is 19.1 Å². The minimum absolute atomic E-state index is 0.0330. The van der Waals surface area contributed by atoms with Crippen molar-refractivity contribution < 1.29 is 14.3 Å². The molecule has 0 unspecified atom stereocenters. The average molecular weight is 335 g/mol. The molecular formula is C21H21NO3. The first-order valence-corrected chi connectivity index (χ1v) is 8.14. The molecule has 0 aromatic heterocycles. The summed E-state index contributed by atoms with van der Waals surface area (Å²) in [5, 5.41) is 2.24. The number of ether oxygens (including phenoxy) is 2. The van der Waals surface area contributed by atoms with E-state index >= 15 is 0 Å². The van der Waals surface area contributed by atoms with Crippen molar-refractivity contribution in [3.05, 3.63) is 72.3 Å². The fourth-order valence-electron chi connectivity index (χ4n) is 2.63. The Bertz CT molecular complexity index is 861. The van der Waals surface area contributed by atoms with Gasteiger partial charge in [-0.15, -0.1) is 0 Å². The number of para-hydroxylation sites is 1. The summed E-state index contributed by atoms with van der Waals surface area (Å²) in [7, 11) is 3.45. The van der Waals surface area contributed by atoms with Gasteiger partial charge in [-0.1, -0.05) is 36.4 Å². The summed E-state index contributed by atoms with van der Waals surface area (Å²) in [6.07, 6.45) is 0. The predicted molar refractivity (Wildman–Crippen MR) is 98.9 cm³/mol. The molecule has 0 N–H and O–H groups in total. The van der Waals surface area contributed by atoms with Crippen molar-refractivity contribution in [2.24, 2.45) is 0 Å². The molecule has 0 aliphatic rings. The van der Waals surface area contributed by atoms with Crippen molar-refractivity contribution in [1.29, 1.82) is 0 Å². The summed E-state index contributed by atoms with van der Waals surface area (Å²) in [6.45, 7) is 0.574. The summed E-state index contributed by atoms with van der Waals surface area (Å²) < 4.78 is 10.8. The Morgan fingerprint density at radius 2 is 1.64 bits per heavy atom. The van der Waals surface area contributed by atoms with E-state index in [4.69, 9.17) is 9.47 Å². The molecule has 0 aliphatic carbocycles. The number of likely N-dealkylation sites (N-methyl/N-ethyl adjacent to an activating group) is 1. The maximum absolute atomic E-state index is 12.3. The van der Waals surface area contributed by atoms with Crippen molar-refractivity contribution in [3.8, 4) is 11.5 Å². The molecule has 0 aliphatic heterocycles. The van der Waals surface area contributed by atoms with Gasteiger partial charge in [-0.25, -0.2) is 0 Å². The van der Waals surface area contributed by atoms with Gasteiger partial charge in [0.2, 0.25) is 0 Å². The van der Waals surface area contributed by atoms with Gasteiger partial charge >= 0.3 is 0 Å². The molecule has 0 saturated heterocycles. The maximum atomic E-state index is 12.3. The molecule has 1 amide bonds. The topological polar surface area (TPSA) is 38.8 Å². The zero-order valence-corrected chi connectivity index (χ0v) is 14.4. The predicted octanol–water partition coefficient (Wildman–Crippen LogP) is 3.89. The highest BCUT2D eigenvalue weighted by atomic mass is 16.5. The second-order valence-electron chi connectivity index (χ2n) is 5.90. The van der Waals surface area contributed by atoms with Gasteiger partial charge in [0.1, 0.15) is 11.5 Å². The lowest BCUT2D eigenvalue weighted by Crippen LogP contribution is -2.30. The van der Waals surface area contributed by atoms with Crippen LogP contribution in [0.2, 0.25) is 0 Å². The normalized spacial score (nSPS) is 10.5. The van der Waals surface area contributed by atoms with Gasteiger partial charge in [-0.2, -0.15) is 0 Å². The Balaban J connectivity index is 1.62. The summed E-state index contributed by atoms with van der Waals surface area (Å²) in [4.78, 5) is 13.9. The minimum atomic E-state index is -0.0568. The zero-order chi connectivity index (χ0) is 17.6. The van der Waals surface area contributed by atoms with E-state index in [2.05, 4.69) is 6.07 Å². The molecule has 0 atom stereocenters. The molecule has 3 aromatic carbocycles. The molecule has 25 heavy (non-hydrogen) atoms. The third-order valence-corrected chi connectivity index (χ3v) is 4.06. The maximum Gasteiger partial charge on any atom is 0.260 e. The molecular weight excluding hydrogens is 314 g/mol. The Morgan fingerprint density at radius 1 is 0.920 bits per heavy atom. The lowest BCUT2D eigenvalue weighted by atomic mass is 10.1. The zero-order valence-electron chi connectivity index (χ0n) is 14.4. The van der Waals surface area contributed by atoms with Gasteiger partial charge in [-0.05, 0) is 46.7 Å². The molecule has 0 heterocycles. The number of nitrogens with zero attached hydrogens (tertiary/aromatic N) is 1. The molecule has 4 nitrogen and oxygen atoms in total. The van der Waals surface area contributed by atoms with E-state index in [0.29, 0.717) is 12.3 Å². The number of benzene rings is 3. The minimum Gasteiger partial charge on any atom is -0.497 e. The highest BCUT2D eigenvalue weighted by Crippen LogP contribution is 2.22. The quantitative estimate of drug-likeness (QED) is 0.686. The molecule has 0 spiro atoms. The van der Waals surface area contributed by atoms with Crippen LogP contribution in [-0.4, -0.2) is 31.6 Å². The van der Waals surface area contributed by atoms with Crippen LogP contribution in [-0.2, 0) is 11.3 Å². The lowest BCUT2D eigenvalue weighted by Gasteiger charge is -2.18. The van der Waals surface area contributed by atoms with E-state index < -0.39 is 0 Å². The van der Waals surface area contributed by atoms with Crippen molar-refractivity contribution >= 4 is 16.7 Å². The van der Waals surface area contributed by atoms with Gasteiger partial charge in [0.25, 0.3) is 5.91 Å². The Hall–Kier alpha value is -3.01. The Morgan fingerprint density at radius 3 is 2.40 bits per heavy atom. The first-order chi connectivity index (χ1) is 12.2. The van der Waals surface area contributed by atoms with Gasteiger partial charge in [0.05, 0.1) is 7.11 Å². The molecule has 3 rings (SSSR count). The van der Waals surface area contributed by atoms with Crippen molar-refractivity contribution in [3.63, 3.8) is 0 Å². The Kier molecular flexibility index (Phi) is 5.19. The Labute approximate surface area is 147 Å². The number of hydrogen-bond acceptors (Lipinski definition) is 3. The van der Waals surface area contributed by atoms with Crippen LogP contribution in [0.15, 0.2) is 66.7 Å². The van der Waals surface area contributed by atoms with E-state index in [0.717, 1.165) is 22.1 Å². The summed E-state index contributed by atoms with van der Waals surface area (Å²) in [5.74, 6) is 1.48. The number of rotatable bonds is 6. The van der Waals surface area contributed by atoms with Crippen LogP contribution >= 0.6 is 0 Å². The van der Waals surface area contributed by atoms with Crippen LogP contribution in [0.25, 0.3) is 10.8 Å². The number of methoxy groups -OCH3 is 1. The van der Waals surface area contributed by atoms with E-state index in [1.807, 2.05) is 60.7 Å². The molecule has 0 fully saturated rings. The second kappa shape index (κ2) is 7.71. The number of amides is 1. The molecule has 128 valence electrons. The van der Waals surface area contributed by atoms with Gasteiger partial charge in [-0.3, -0.25) is 4.79 Å². The fourth-order valence-corrected chi connectivity index (χ4v) is 2.63. The lowest BCUT2D eigenvalue weighted by molar-refractivity contribution is -0.132. The van der Waals surface area contributed by atoms with Gasteiger partial charge in [0.15, 0.2) is 6.61 Å². The number of carbonyl (C=O) groups excluding carboxylic acids is 1. The fraction of sp³-hybridized carbons (Fsp3) is 0.190. The van der Waals surface area contributed by atoms with Crippen LogP contribution in [0.5, 0.6) is 11.5 Å². The SMILES string of the molecule is COc1ccc2cc(CN(C)C(=O)COc3ccccc3)ccc2c1. The largest absolute Gasteiger partial charge is 0.497 e. The van der Waals surface area contributed by atoms with Crippen LogP contribution in [0.3, 0.4) is 0 Å². The van der Waals surface area contributed by atoms with Crippen LogP contribution in [0.4, 0.5) is 0 Å². The third-order valence-electron chi connectivity index (χ3n) is 4.06. The second-order valence-corrected chi connectivity index (χ2v) is 5.90. The monoisotopic (exact) mass is 335 g/mol. The number of carbonyl (C=O) groups is 1. The number of fused-ring (bicyclic) bond motifs is 1. The number of hydrogen-bond donors (Lipinski definition) is 0. The van der Waals surface area contributed by atoms with E-state index in [1.165, 1.54) is 0 Å². The van der Waals surface area contributed by atoms with Crippen molar-refractivity contribution in [2.75, 3.05) is 20.8 Å². The highest BCUT2D eigenvalue weighted by molar-refractivity contribution is 5.84. The highest BCUT2D eigenvalue weighted by Gasteiger charge is 2.10. The molecule has 4 heteroatoms. The van der Waals surface area contributed by atoms with E-state index in [9.17, 15) is 4.79 Å². The molecule has 0 bridgehead atoms. The van der Waals surface area contributed by atoms with Crippen LogP contribution in [0.1, 0.15) is 5.56 Å². The van der Waals surface area contributed by atoms with Gasteiger partial charge < -0.3 is 14.4 Å².